The normalized spacial score (nSPS) is 18.2. The Morgan fingerprint density at radius 1 is 1.12 bits per heavy atom. The summed E-state index contributed by atoms with van der Waals surface area (Å²) in [5.41, 5.74) is 3.48. The monoisotopic (exact) mass is 443 g/mol. The third kappa shape index (κ3) is 5.15. The maximum absolute atomic E-state index is 13.1. The number of methoxy groups -OCH3 is 1. The van der Waals surface area contributed by atoms with E-state index in [-0.39, 0.29) is 12.4 Å². The second-order valence-corrected chi connectivity index (χ2v) is 7.86. The van der Waals surface area contributed by atoms with Gasteiger partial charge in [-0.15, -0.1) is 0 Å². The van der Waals surface area contributed by atoms with Crippen molar-refractivity contribution in [1.29, 1.82) is 0 Å². The molecule has 0 bridgehead atoms. The van der Waals surface area contributed by atoms with E-state index >= 15 is 0 Å². The molecule has 0 radical (unpaired) electrons. The average molecular weight is 444 g/mol. The van der Waals surface area contributed by atoms with Crippen LogP contribution in [0.15, 0.2) is 40.7 Å². The van der Waals surface area contributed by atoms with Crippen LogP contribution in [0.1, 0.15) is 57.9 Å². The van der Waals surface area contributed by atoms with E-state index in [9.17, 15) is 9.59 Å². The van der Waals surface area contributed by atoms with Gasteiger partial charge in [-0.2, -0.15) is 0 Å². The molecule has 0 saturated heterocycles. The molecule has 0 spiro atoms. The van der Waals surface area contributed by atoms with E-state index in [1.165, 1.54) is 0 Å². The Kier molecular flexibility index (Phi) is 8.33. The fourth-order valence-electron chi connectivity index (χ4n) is 4.20. The molecule has 1 unspecified atom stereocenters. The summed E-state index contributed by atoms with van der Waals surface area (Å²) in [6.45, 7) is 7.40. The molecule has 32 heavy (non-hydrogen) atoms. The van der Waals surface area contributed by atoms with Crippen molar-refractivity contribution in [1.82, 2.24) is 5.32 Å². The van der Waals surface area contributed by atoms with E-state index in [0.717, 1.165) is 30.5 Å². The SMILES string of the molecule is CCCOc1ccc(C2C(C(=O)OCCOCC)=C(C)NC3=C2C(=O)CCC3)cc1OC. The average Bonchev–Trinajstić information content (AvgIpc) is 2.79. The van der Waals surface area contributed by atoms with Gasteiger partial charge in [0.15, 0.2) is 17.3 Å². The van der Waals surface area contributed by atoms with Crippen LogP contribution in [-0.2, 0) is 19.1 Å². The number of benzene rings is 1. The van der Waals surface area contributed by atoms with Crippen molar-refractivity contribution in [3.63, 3.8) is 0 Å². The van der Waals surface area contributed by atoms with Gasteiger partial charge in [-0.1, -0.05) is 13.0 Å². The number of esters is 1. The van der Waals surface area contributed by atoms with Crippen LogP contribution in [0.5, 0.6) is 11.5 Å². The second-order valence-electron chi connectivity index (χ2n) is 7.86. The highest BCUT2D eigenvalue weighted by molar-refractivity contribution is 6.03. The molecular weight excluding hydrogens is 410 g/mol. The van der Waals surface area contributed by atoms with E-state index < -0.39 is 11.9 Å². The van der Waals surface area contributed by atoms with Crippen molar-refractivity contribution < 1.29 is 28.5 Å². The number of nitrogens with one attached hydrogen (secondary N) is 1. The lowest BCUT2D eigenvalue weighted by atomic mass is 9.75. The van der Waals surface area contributed by atoms with Crippen LogP contribution in [0.3, 0.4) is 0 Å². The molecule has 0 fully saturated rings. The molecular formula is C25H33NO6. The van der Waals surface area contributed by atoms with E-state index in [4.69, 9.17) is 18.9 Å². The zero-order valence-corrected chi connectivity index (χ0v) is 19.4. The Balaban J connectivity index is 2.01. The highest BCUT2D eigenvalue weighted by atomic mass is 16.6. The lowest BCUT2D eigenvalue weighted by molar-refractivity contribution is -0.140. The van der Waals surface area contributed by atoms with E-state index in [2.05, 4.69) is 5.32 Å². The minimum Gasteiger partial charge on any atom is -0.493 e. The van der Waals surface area contributed by atoms with E-state index in [0.29, 0.717) is 54.6 Å². The van der Waals surface area contributed by atoms with Crippen LogP contribution < -0.4 is 14.8 Å². The zero-order valence-electron chi connectivity index (χ0n) is 19.4. The summed E-state index contributed by atoms with van der Waals surface area (Å²) in [6, 6.07) is 5.60. The minimum atomic E-state index is -0.521. The van der Waals surface area contributed by atoms with Crippen LogP contribution >= 0.6 is 0 Å². The molecule has 1 atom stereocenters. The number of hydrogen-bond donors (Lipinski definition) is 1. The predicted molar refractivity (Wildman–Crippen MR) is 121 cm³/mol. The van der Waals surface area contributed by atoms with Gasteiger partial charge in [0.1, 0.15) is 6.61 Å². The standard InChI is InChI=1S/C25H33NO6/c1-5-12-31-20-11-10-17(15-21(20)29-4)23-22(25(28)32-14-13-30-6-2)16(3)26-18-8-7-9-19(27)24(18)23/h10-11,15,23,26H,5-9,12-14H2,1-4H3. The minimum absolute atomic E-state index is 0.0566. The number of hydrogen-bond acceptors (Lipinski definition) is 7. The third-order valence-corrected chi connectivity index (χ3v) is 5.64. The number of ketones is 1. The van der Waals surface area contributed by atoms with Gasteiger partial charge in [-0.25, -0.2) is 4.79 Å². The summed E-state index contributed by atoms with van der Waals surface area (Å²) >= 11 is 0. The van der Waals surface area contributed by atoms with Crippen molar-refractivity contribution in [3.05, 3.63) is 46.3 Å². The molecule has 2 aliphatic rings. The quantitative estimate of drug-likeness (QED) is 0.432. The molecule has 3 rings (SSSR count). The Bertz CT molecular complexity index is 917. The van der Waals surface area contributed by atoms with Gasteiger partial charge in [-0.3, -0.25) is 4.79 Å². The number of allylic oxidation sites excluding steroid dienone is 3. The van der Waals surface area contributed by atoms with Gasteiger partial charge in [0.2, 0.25) is 0 Å². The summed E-state index contributed by atoms with van der Waals surface area (Å²) in [7, 11) is 1.58. The van der Waals surface area contributed by atoms with Crippen LogP contribution in [0.25, 0.3) is 0 Å². The molecule has 1 aromatic carbocycles. The van der Waals surface area contributed by atoms with Gasteiger partial charge in [0.05, 0.1) is 25.9 Å². The van der Waals surface area contributed by atoms with Gasteiger partial charge >= 0.3 is 5.97 Å². The molecule has 1 aliphatic carbocycles. The smallest absolute Gasteiger partial charge is 0.336 e. The first-order chi connectivity index (χ1) is 15.5. The molecule has 7 heteroatoms. The lowest BCUT2D eigenvalue weighted by Crippen LogP contribution is -2.34. The second kappa shape index (κ2) is 11.2. The van der Waals surface area contributed by atoms with Crippen molar-refractivity contribution >= 4 is 11.8 Å². The number of rotatable bonds is 10. The third-order valence-electron chi connectivity index (χ3n) is 5.64. The summed E-state index contributed by atoms with van der Waals surface area (Å²) in [5, 5.41) is 3.30. The van der Waals surface area contributed by atoms with Gasteiger partial charge in [0, 0.05) is 35.9 Å². The maximum Gasteiger partial charge on any atom is 0.336 e. The number of dihydropyridines is 1. The molecule has 1 heterocycles. The van der Waals surface area contributed by atoms with Gasteiger partial charge in [-0.05, 0) is 50.8 Å². The Morgan fingerprint density at radius 3 is 2.66 bits per heavy atom. The molecule has 174 valence electrons. The topological polar surface area (TPSA) is 83.1 Å². The van der Waals surface area contributed by atoms with Gasteiger partial charge in [0.25, 0.3) is 0 Å². The van der Waals surface area contributed by atoms with Crippen molar-refractivity contribution in [2.45, 2.75) is 52.4 Å². The highest BCUT2D eigenvalue weighted by Crippen LogP contribution is 2.44. The Hall–Kier alpha value is -2.80. The Labute approximate surface area is 189 Å². The summed E-state index contributed by atoms with van der Waals surface area (Å²) in [6.07, 6.45) is 2.92. The first-order valence-corrected chi connectivity index (χ1v) is 11.3. The first-order valence-electron chi connectivity index (χ1n) is 11.3. The Morgan fingerprint density at radius 2 is 1.94 bits per heavy atom. The predicted octanol–water partition coefficient (Wildman–Crippen LogP) is 4.03. The molecule has 0 aromatic heterocycles. The summed E-state index contributed by atoms with van der Waals surface area (Å²) in [5.74, 6) is 0.295. The van der Waals surface area contributed by atoms with Crippen molar-refractivity contribution in [2.75, 3.05) is 33.5 Å². The maximum atomic E-state index is 13.1. The number of ether oxygens (including phenoxy) is 4. The van der Waals surface area contributed by atoms with Crippen LogP contribution in [0.2, 0.25) is 0 Å². The number of Topliss-reactive ketones (excluding diaryl/α,β-unsaturated/α-hetero) is 1. The highest BCUT2D eigenvalue weighted by Gasteiger charge is 2.39. The summed E-state index contributed by atoms with van der Waals surface area (Å²) in [4.78, 5) is 26.1. The zero-order chi connectivity index (χ0) is 23.1. The molecule has 0 amide bonds. The molecule has 1 N–H and O–H groups in total. The lowest BCUT2D eigenvalue weighted by Gasteiger charge is -2.34. The molecule has 1 aliphatic heterocycles. The van der Waals surface area contributed by atoms with Crippen LogP contribution in [0, 0.1) is 0 Å². The summed E-state index contributed by atoms with van der Waals surface area (Å²) < 4.78 is 22.1. The number of carbonyl (C=O) groups is 2. The van der Waals surface area contributed by atoms with E-state index in [1.807, 2.05) is 39.0 Å². The van der Waals surface area contributed by atoms with Crippen molar-refractivity contribution in [3.8, 4) is 11.5 Å². The van der Waals surface area contributed by atoms with E-state index in [1.54, 1.807) is 7.11 Å². The molecule has 1 aromatic rings. The number of carbonyl (C=O) groups excluding carboxylic acids is 2. The van der Waals surface area contributed by atoms with Crippen LogP contribution in [-0.4, -0.2) is 45.3 Å². The molecule has 7 nitrogen and oxygen atoms in total. The van der Waals surface area contributed by atoms with Crippen molar-refractivity contribution in [2.24, 2.45) is 0 Å². The fourth-order valence-corrected chi connectivity index (χ4v) is 4.20. The van der Waals surface area contributed by atoms with Gasteiger partial charge < -0.3 is 24.3 Å². The fraction of sp³-hybridized carbons (Fsp3) is 0.520. The largest absolute Gasteiger partial charge is 0.493 e. The van der Waals surface area contributed by atoms with Crippen LogP contribution in [0.4, 0.5) is 0 Å². The molecule has 0 saturated carbocycles. The first kappa shape index (κ1) is 23.9.